The molecule has 154 valence electrons. The third-order valence-electron chi connectivity index (χ3n) is 5.67. The van der Waals surface area contributed by atoms with Crippen LogP contribution in [0.25, 0.3) is 22.3 Å². The van der Waals surface area contributed by atoms with Crippen LogP contribution in [0.2, 0.25) is 0 Å². The van der Waals surface area contributed by atoms with Gasteiger partial charge in [-0.05, 0) is 56.0 Å². The largest absolute Gasteiger partial charge is 0.507 e. The Hall–Kier alpha value is -2.90. The SMILES string of the molecule is COc1c(-c2cc(N3CCC3)nc(C(F)(F)F)c2)oc2c(C)c(C)c(C)c(O)c12. The predicted octanol–water partition coefficient (Wildman–Crippen LogP) is 5.36. The number of aryl methyl sites for hydroxylation is 1. The van der Waals surface area contributed by atoms with Crippen molar-refractivity contribution in [3.63, 3.8) is 0 Å². The number of alkyl halides is 3. The highest BCUT2D eigenvalue weighted by atomic mass is 19.4. The number of aromatic hydroxyl groups is 1. The quantitative estimate of drug-likeness (QED) is 0.634. The zero-order chi connectivity index (χ0) is 21.1. The van der Waals surface area contributed by atoms with Gasteiger partial charge >= 0.3 is 6.18 Å². The standard InChI is InChI=1S/C21H21F3N2O3/c1-10-11(2)17(27)16-18(12(10)3)29-19(20(16)28-4)13-8-14(21(22,23)24)25-15(9-13)26-6-5-7-26/h8-9,27H,5-7H2,1-4H3. The monoisotopic (exact) mass is 406 g/mol. The number of benzene rings is 1. The molecule has 0 spiro atoms. The highest BCUT2D eigenvalue weighted by Crippen LogP contribution is 2.48. The van der Waals surface area contributed by atoms with Crippen molar-refractivity contribution in [3.8, 4) is 22.8 Å². The van der Waals surface area contributed by atoms with Gasteiger partial charge in [-0.1, -0.05) is 0 Å². The fraction of sp³-hybridized carbons (Fsp3) is 0.381. The number of hydrogen-bond donors (Lipinski definition) is 1. The number of furan rings is 1. The van der Waals surface area contributed by atoms with Gasteiger partial charge in [0.15, 0.2) is 11.5 Å². The Labute approximate surface area is 165 Å². The number of anilines is 1. The van der Waals surface area contributed by atoms with Crippen LogP contribution in [0.1, 0.15) is 28.8 Å². The summed E-state index contributed by atoms with van der Waals surface area (Å²) in [5.74, 6) is 0.595. The summed E-state index contributed by atoms with van der Waals surface area (Å²) in [6.07, 6.45) is -3.69. The van der Waals surface area contributed by atoms with E-state index in [4.69, 9.17) is 9.15 Å². The zero-order valence-electron chi connectivity index (χ0n) is 16.6. The predicted molar refractivity (Wildman–Crippen MR) is 104 cm³/mol. The van der Waals surface area contributed by atoms with E-state index >= 15 is 0 Å². The molecular weight excluding hydrogens is 385 g/mol. The maximum Gasteiger partial charge on any atom is 0.433 e. The first-order valence-electron chi connectivity index (χ1n) is 9.27. The first-order chi connectivity index (χ1) is 13.6. The van der Waals surface area contributed by atoms with Gasteiger partial charge in [-0.25, -0.2) is 4.98 Å². The van der Waals surface area contributed by atoms with Gasteiger partial charge in [0.25, 0.3) is 0 Å². The van der Waals surface area contributed by atoms with E-state index in [1.807, 2.05) is 13.8 Å². The third kappa shape index (κ3) is 2.97. The molecule has 5 nitrogen and oxygen atoms in total. The fourth-order valence-corrected chi connectivity index (χ4v) is 3.60. The number of hydrogen-bond acceptors (Lipinski definition) is 5. The van der Waals surface area contributed by atoms with Crippen LogP contribution in [0.3, 0.4) is 0 Å². The average molecular weight is 406 g/mol. The minimum Gasteiger partial charge on any atom is -0.507 e. The number of nitrogens with zero attached hydrogens (tertiary/aromatic N) is 2. The number of methoxy groups -OCH3 is 1. The molecular formula is C21H21F3N2O3. The van der Waals surface area contributed by atoms with Gasteiger partial charge in [-0.2, -0.15) is 13.2 Å². The van der Waals surface area contributed by atoms with E-state index < -0.39 is 11.9 Å². The molecule has 0 amide bonds. The van der Waals surface area contributed by atoms with E-state index in [0.29, 0.717) is 29.6 Å². The van der Waals surface area contributed by atoms with E-state index in [-0.39, 0.29) is 28.6 Å². The summed E-state index contributed by atoms with van der Waals surface area (Å²) in [5.41, 5.74) is 1.93. The van der Waals surface area contributed by atoms with Crippen LogP contribution in [0, 0.1) is 20.8 Å². The second-order valence-electron chi connectivity index (χ2n) is 7.33. The molecule has 8 heteroatoms. The molecule has 1 aliphatic heterocycles. The van der Waals surface area contributed by atoms with Crippen LogP contribution < -0.4 is 9.64 Å². The summed E-state index contributed by atoms with van der Waals surface area (Å²) in [6.45, 7) is 6.79. The number of phenols is 1. The number of halogens is 3. The summed E-state index contributed by atoms with van der Waals surface area (Å²) >= 11 is 0. The van der Waals surface area contributed by atoms with Crippen LogP contribution in [0.5, 0.6) is 11.5 Å². The molecule has 0 aliphatic carbocycles. The lowest BCUT2D eigenvalue weighted by Gasteiger charge is -2.32. The molecule has 3 aromatic rings. The van der Waals surface area contributed by atoms with Crippen molar-refractivity contribution in [2.45, 2.75) is 33.4 Å². The molecule has 29 heavy (non-hydrogen) atoms. The van der Waals surface area contributed by atoms with Crippen LogP contribution >= 0.6 is 0 Å². The van der Waals surface area contributed by atoms with Gasteiger partial charge < -0.3 is 19.2 Å². The molecule has 1 N–H and O–H groups in total. The highest BCUT2D eigenvalue weighted by Gasteiger charge is 2.35. The Bertz CT molecular complexity index is 1120. The molecule has 0 unspecified atom stereocenters. The maximum atomic E-state index is 13.5. The van der Waals surface area contributed by atoms with Crippen molar-refractivity contribution in [2.75, 3.05) is 25.1 Å². The van der Waals surface area contributed by atoms with E-state index in [1.54, 1.807) is 17.9 Å². The Morgan fingerprint density at radius 2 is 1.79 bits per heavy atom. The molecule has 0 atom stereocenters. The lowest BCUT2D eigenvalue weighted by Crippen LogP contribution is -2.38. The molecule has 1 aromatic carbocycles. The first kappa shape index (κ1) is 19.4. The summed E-state index contributed by atoms with van der Waals surface area (Å²) < 4.78 is 51.9. The van der Waals surface area contributed by atoms with Crippen LogP contribution in [-0.2, 0) is 6.18 Å². The van der Waals surface area contributed by atoms with Crippen LogP contribution in [-0.4, -0.2) is 30.3 Å². The van der Waals surface area contributed by atoms with Crippen molar-refractivity contribution < 1.29 is 27.4 Å². The van der Waals surface area contributed by atoms with E-state index in [1.165, 1.54) is 7.11 Å². The summed E-state index contributed by atoms with van der Waals surface area (Å²) in [5, 5.41) is 11.0. The first-order valence-corrected chi connectivity index (χ1v) is 9.27. The van der Waals surface area contributed by atoms with E-state index in [9.17, 15) is 18.3 Å². The molecule has 0 saturated carbocycles. The topological polar surface area (TPSA) is 58.7 Å². The highest BCUT2D eigenvalue weighted by molar-refractivity contribution is 5.99. The van der Waals surface area contributed by atoms with Crippen LogP contribution in [0.4, 0.5) is 19.0 Å². The molecule has 1 saturated heterocycles. The van der Waals surface area contributed by atoms with Crippen molar-refractivity contribution in [1.29, 1.82) is 0 Å². The van der Waals surface area contributed by atoms with Gasteiger partial charge in [0.2, 0.25) is 0 Å². The Kier molecular flexibility index (Phi) is 4.40. The van der Waals surface area contributed by atoms with Gasteiger partial charge in [0, 0.05) is 18.7 Å². The van der Waals surface area contributed by atoms with Gasteiger partial charge in [-0.15, -0.1) is 0 Å². The summed E-state index contributed by atoms with van der Waals surface area (Å²) in [4.78, 5) is 5.58. The van der Waals surface area contributed by atoms with Gasteiger partial charge in [-0.3, -0.25) is 0 Å². The minimum absolute atomic E-state index is 0.00279. The lowest BCUT2D eigenvalue weighted by molar-refractivity contribution is -0.141. The Morgan fingerprint density at radius 1 is 1.10 bits per heavy atom. The fourth-order valence-electron chi connectivity index (χ4n) is 3.60. The number of fused-ring (bicyclic) bond motifs is 1. The lowest BCUT2D eigenvalue weighted by atomic mass is 9.99. The molecule has 0 radical (unpaired) electrons. The molecule has 4 rings (SSSR count). The second kappa shape index (κ2) is 6.57. The van der Waals surface area contributed by atoms with Crippen molar-refractivity contribution >= 4 is 16.8 Å². The zero-order valence-corrected chi connectivity index (χ0v) is 16.6. The van der Waals surface area contributed by atoms with Crippen LogP contribution in [0.15, 0.2) is 16.5 Å². The van der Waals surface area contributed by atoms with Crippen molar-refractivity contribution in [3.05, 3.63) is 34.5 Å². The summed E-state index contributed by atoms with van der Waals surface area (Å²) in [7, 11) is 1.40. The Balaban J connectivity index is 2.02. The number of aromatic nitrogens is 1. The van der Waals surface area contributed by atoms with E-state index in [0.717, 1.165) is 23.6 Å². The number of pyridine rings is 1. The van der Waals surface area contributed by atoms with Gasteiger partial charge in [0.05, 0.1) is 7.11 Å². The average Bonchev–Trinajstić information content (AvgIpc) is 3.02. The molecule has 3 heterocycles. The second-order valence-corrected chi connectivity index (χ2v) is 7.33. The van der Waals surface area contributed by atoms with Crippen molar-refractivity contribution in [2.24, 2.45) is 0 Å². The summed E-state index contributed by atoms with van der Waals surface area (Å²) in [6, 6.07) is 2.52. The number of rotatable bonds is 3. The third-order valence-corrected chi connectivity index (χ3v) is 5.67. The smallest absolute Gasteiger partial charge is 0.433 e. The minimum atomic E-state index is -4.60. The molecule has 0 bridgehead atoms. The Morgan fingerprint density at radius 3 is 2.34 bits per heavy atom. The maximum absolute atomic E-state index is 13.5. The normalized spacial score (nSPS) is 14.4. The molecule has 1 aliphatic rings. The molecule has 2 aromatic heterocycles. The van der Waals surface area contributed by atoms with E-state index in [2.05, 4.69) is 4.98 Å². The molecule has 1 fully saturated rings. The van der Waals surface area contributed by atoms with Gasteiger partial charge in [0.1, 0.15) is 28.2 Å². The number of ether oxygens (including phenoxy) is 1. The van der Waals surface area contributed by atoms with Crippen molar-refractivity contribution in [1.82, 2.24) is 4.98 Å². The number of phenolic OH excluding ortho intramolecular Hbond substituents is 1.